The molecule has 0 aliphatic carbocycles. The van der Waals surface area contributed by atoms with Gasteiger partial charge in [0.15, 0.2) is 11.5 Å². The first-order chi connectivity index (χ1) is 11.2. The van der Waals surface area contributed by atoms with E-state index in [1.165, 1.54) is 27.5 Å². The average Bonchev–Trinajstić information content (AvgIpc) is 2.61. The Bertz CT molecular complexity index is 677. The molecule has 0 fully saturated rings. The molecule has 0 unspecified atom stereocenters. The molecule has 1 heterocycles. The number of nitrogens with zero attached hydrogens (tertiary/aromatic N) is 2. The summed E-state index contributed by atoms with van der Waals surface area (Å²) in [5, 5.41) is 3.89. The van der Waals surface area contributed by atoms with Crippen LogP contribution in [0.4, 0.5) is 0 Å². The topological polar surface area (TPSA) is 82.0 Å². The largest absolute Gasteiger partial charge is 0.493 e. The number of pyridine rings is 1. The summed E-state index contributed by atoms with van der Waals surface area (Å²) in [4.78, 5) is 16.1. The van der Waals surface area contributed by atoms with E-state index in [9.17, 15) is 4.79 Å². The molecular weight excluding hydrogens is 298 g/mol. The van der Waals surface area contributed by atoms with E-state index in [0.29, 0.717) is 22.8 Å². The Morgan fingerprint density at radius 3 is 2.39 bits per heavy atom. The van der Waals surface area contributed by atoms with Gasteiger partial charge in [-0.3, -0.25) is 9.78 Å². The number of hydrogen-bond donors (Lipinski definition) is 1. The lowest BCUT2D eigenvalue weighted by Crippen LogP contribution is -2.18. The van der Waals surface area contributed by atoms with Gasteiger partial charge in [0.05, 0.1) is 27.5 Å². The fourth-order valence-corrected chi connectivity index (χ4v) is 1.89. The van der Waals surface area contributed by atoms with Gasteiger partial charge in [-0.25, -0.2) is 5.43 Å². The summed E-state index contributed by atoms with van der Waals surface area (Å²) in [6.07, 6.45) is 4.80. The molecule has 0 bridgehead atoms. The van der Waals surface area contributed by atoms with Gasteiger partial charge in [-0.15, -0.1) is 0 Å². The Balaban J connectivity index is 2.17. The molecule has 0 aliphatic rings. The van der Waals surface area contributed by atoms with E-state index in [2.05, 4.69) is 15.5 Å². The summed E-state index contributed by atoms with van der Waals surface area (Å²) in [5.41, 5.74) is 3.55. The molecule has 1 aromatic carbocycles. The molecule has 23 heavy (non-hydrogen) atoms. The highest BCUT2D eigenvalue weighted by molar-refractivity contribution is 5.96. The van der Waals surface area contributed by atoms with Gasteiger partial charge in [0.2, 0.25) is 5.75 Å². The van der Waals surface area contributed by atoms with Gasteiger partial charge in [-0.2, -0.15) is 5.10 Å². The van der Waals surface area contributed by atoms with Gasteiger partial charge in [-0.1, -0.05) is 6.07 Å². The van der Waals surface area contributed by atoms with Crippen LogP contribution in [0.1, 0.15) is 15.9 Å². The zero-order valence-electron chi connectivity index (χ0n) is 13.1. The summed E-state index contributed by atoms with van der Waals surface area (Å²) in [6.45, 7) is 0. The van der Waals surface area contributed by atoms with E-state index in [1.807, 2.05) is 6.07 Å². The minimum atomic E-state index is -0.399. The number of ether oxygens (including phenoxy) is 3. The van der Waals surface area contributed by atoms with Gasteiger partial charge >= 0.3 is 0 Å². The third-order valence-electron chi connectivity index (χ3n) is 2.99. The van der Waals surface area contributed by atoms with Crippen molar-refractivity contribution in [3.05, 3.63) is 47.8 Å². The Morgan fingerprint density at radius 2 is 1.87 bits per heavy atom. The lowest BCUT2D eigenvalue weighted by atomic mass is 10.1. The van der Waals surface area contributed by atoms with Gasteiger partial charge in [0.1, 0.15) is 0 Å². The summed E-state index contributed by atoms with van der Waals surface area (Å²) in [7, 11) is 4.47. The van der Waals surface area contributed by atoms with E-state index in [-0.39, 0.29) is 0 Å². The van der Waals surface area contributed by atoms with Crippen LogP contribution in [0, 0.1) is 0 Å². The normalized spacial score (nSPS) is 10.4. The van der Waals surface area contributed by atoms with Crippen LogP contribution in [-0.4, -0.2) is 38.4 Å². The number of nitrogens with one attached hydrogen (secondary N) is 1. The first-order valence-corrected chi connectivity index (χ1v) is 6.73. The molecule has 2 rings (SSSR count). The van der Waals surface area contributed by atoms with Gasteiger partial charge in [-0.05, 0) is 18.2 Å². The number of aromatic nitrogens is 1. The zero-order chi connectivity index (χ0) is 16.7. The third-order valence-corrected chi connectivity index (χ3v) is 2.99. The molecule has 0 atom stereocenters. The average molecular weight is 315 g/mol. The van der Waals surface area contributed by atoms with Crippen LogP contribution in [0.3, 0.4) is 0 Å². The molecule has 0 radical (unpaired) electrons. The molecule has 1 N–H and O–H groups in total. The zero-order valence-corrected chi connectivity index (χ0v) is 13.1. The molecular formula is C16H17N3O4. The summed E-state index contributed by atoms with van der Waals surface area (Å²) in [6, 6.07) is 6.71. The highest BCUT2D eigenvalue weighted by Crippen LogP contribution is 2.38. The quantitative estimate of drug-likeness (QED) is 0.650. The number of methoxy groups -OCH3 is 3. The second kappa shape index (κ2) is 7.79. The van der Waals surface area contributed by atoms with Crippen molar-refractivity contribution >= 4 is 12.1 Å². The molecule has 120 valence electrons. The van der Waals surface area contributed by atoms with Crippen LogP contribution < -0.4 is 19.6 Å². The molecule has 0 saturated carbocycles. The van der Waals surface area contributed by atoms with E-state index in [4.69, 9.17) is 14.2 Å². The minimum Gasteiger partial charge on any atom is -0.493 e. The summed E-state index contributed by atoms with van der Waals surface area (Å²) < 4.78 is 15.6. The van der Waals surface area contributed by atoms with Crippen molar-refractivity contribution in [1.82, 2.24) is 10.4 Å². The fourth-order valence-electron chi connectivity index (χ4n) is 1.89. The molecule has 2 aromatic rings. The van der Waals surface area contributed by atoms with Crippen LogP contribution in [-0.2, 0) is 0 Å². The highest BCUT2D eigenvalue weighted by atomic mass is 16.5. The molecule has 0 saturated heterocycles. The standard InChI is InChI=1S/C16H17N3O4/c1-21-13-7-12(8-14(22-2)15(13)23-3)16(20)19-18-10-11-5-4-6-17-9-11/h4-10H,1-3H3,(H,19,20). The smallest absolute Gasteiger partial charge is 0.271 e. The Hall–Kier alpha value is -3.09. The summed E-state index contributed by atoms with van der Waals surface area (Å²) >= 11 is 0. The number of amides is 1. The number of hydrazone groups is 1. The number of hydrogen-bond acceptors (Lipinski definition) is 6. The van der Waals surface area contributed by atoms with Crippen molar-refractivity contribution in [2.45, 2.75) is 0 Å². The number of carbonyl (C=O) groups excluding carboxylic acids is 1. The maximum absolute atomic E-state index is 12.2. The Labute approximate surface area is 133 Å². The number of benzene rings is 1. The maximum Gasteiger partial charge on any atom is 0.271 e. The van der Waals surface area contributed by atoms with Crippen LogP contribution in [0.5, 0.6) is 17.2 Å². The molecule has 1 amide bonds. The summed E-state index contributed by atoms with van der Waals surface area (Å²) in [5.74, 6) is 0.816. The SMILES string of the molecule is COc1cc(C(=O)NN=Cc2cccnc2)cc(OC)c1OC. The van der Waals surface area contributed by atoms with Crippen LogP contribution >= 0.6 is 0 Å². The van der Waals surface area contributed by atoms with Gasteiger partial charge in [0.25, 0.3) is 5.91 Å². The van der Waals surface area contributed by atoms with Crippen molar-refractivity contribution in [2.24, 2.45) is 5.10 Å². The minimum absolute atomic E-state index is 0.336. The van der Waals surface area contributed by atoms with E-state index < -0.39 is 5.91 Å². The van der Waals surface area contributed by atoms with E-state index >= 15 is 0 Å². The lowest BCUT2D eigenvalue weighted by Gasteiger charge is -2.13. The van der Waals surface area contributed by atoms with Crippen LogP contribution in [0.15, 0.2) is 41.8 Å². The fraction of sp³-hybridized carbons (Fsp3) is 0.188. The van der Waals surface area contributed by atoms with E-state index in [0.717, 1.165) is 5.56 Å². The Kier molecular flexibility index (Phi) is 5.51. The molecule has 1 aromatic heterocycles. The Morgan fingerprint density at radius 1 is 1.17 bits per heavy atom. The van der Waals surface area contributed by atoms with Crippen molar-refractivity contribution in [1.29, 1.82) is 0 Å². The molecule has 0 aliphatic heterocycles. The lowest BCUT2D eigenvalue weighted by molar-refractivity contribution is 0.0954. The number of carbonyl (C=O) groups is 1. The van der Waals surface area contributed by atoms with Gasteiger partial charge in [0, 0.05) is 23.5 Å². The highest BCUT2D eigenvalue weighted by Gasteiger charge is 2.16. The molecule has 7 nitrogen and oxygen atoms in total. The second-order valence-electron chi connectivity index (χ2n) is 4.40. The molecule has 0 spiro atoms. The molecule has 7 heteroatoms. The van der Waals surface area contributed by atoms with Crippen LogP contribution in [0.25, 0.3) is 0 Å². The third kappa shape index (κ3) is 3.97. The predicted octanol–water partition coefficient (Wildman–Crippen LogP) is 1.87. The van der Waals surface area contributed by atoms with E-state index in [1.54, 1.807) is 30.6 Å². The van der Waals surface area contributed by atoms with Crippen molar-refractivity contribution in [3.63, 3.8) is 0 Å². The van der Waals surface area contributed by atoms with Crippen molar-refractivity contribution in [3.8, 4) is 17.2 Å². The predicted molar refractivity (Wildman–Crippen MR) is 85.4 cm³/mol. The number of rotatable bonds is 6. The van der Waals surface area contributed by atoms with Gasteiger partial charge < -0.3 is 14.2 Å². The van der Waals surface area contributed by atoms with Crippen molar-refractivity contribution in [2.75, 3.05) is 21.3 Å². The van der Waals surface area contributed by atoms with Crippen molar-refractivity contribution < 1.29 is 19.0 Å². The second-order valence-corrected chi connectivity index (χ2v) is 4.40. The maximum atomic E-state index is 12.2. The van der Waals surface area contributed by atoms with Crippen LogP contribution in [0.2, 0.25) is 0 Å². The first kappa shape index (κ1) is 16.3. The monoisotopic (exact) mass is 315 g/mol. The first-order valence-electron chi connectivity index (χ1n) is 6.73.